The van der Waals surface area contributed by atoms with Crippen LogP contribution in [-0.4, -0.2) is 23.9 Å². The van der Waals surface area contributed by atoms with Crippen LogP contribution in [0.4, 0.5) is 0 Å². The normalized spacial score (nSPS) is 27.7. The van der Waals surface area contributed by atoms with Gasteiger partial charge in [0.05, 0.1) is 12.2 Å². The van der Waals surface area contributed by atoms with E-state index in [4.69, 9.17) is 9.84 Å². The van der Waals surface area contributed by atoms with Crippen molar-refractivity contribution in [1.29, 1.82) is 0 Å². The summed E-state index contributed by atoms with van der Waals surface area (Å²) in [5, 5.41) is 9.13. The molecule has 1 fully saturated rings. The Morgan fingerprint density at radius 2 is 1.85 bits per heavy atom. The van der Waals surface area contributed by atoms with Gasteiger partial charge < -0.3 is 9.84 Å². The Labute approximate surface area is 82.3 Å². The quantitative estimate of drug-likeness (QED) is 0.722. The first kappa shape index (κ1) is 12.9. The largest absolute Gasteiger partial charge is 0.393 e. The minimum absolute atomic E-state index is 0.108. The van der Waals surface area contributed by atoms with Crippen molar-refractivity contribution in [2.75, 3.05) is 6.61 Å². The molecule has 0 amide bonds. The predicted octanol–water partition coefficient (Wildman–Crippen LogP) is 2.74. The van der Waals surface area contributed by atoms with Crippen LogP contribution in [0, 0.1) is 0 Å². The van der Waals surface area contributed by atoms with E-state index in [1.807, 2.05) is 0 Å². The number of rotatable bonds is 2. The van der Waals surface area contributed by atoms with Crippen molar-refractivity contribution in [3.8, 4) is 0 Å². The molecule has 80 valence electrons. The van der Waals surface area contributed by atoms with Gasteiger partial charge in [0, 0.05) is 6.61 Å². The first-order valence-electron chi connectivity index (χ1n) is 5.54. The van der Waals surface area contributed by atoms with E-state index < -0.39 is 0 Å². The van der Waals surface area contributed by atoms with Crippen molar-refractivity contribution in [3.63, 3.8) is 0 Å². The SMILES string of the molecule is CCC1CC(O)CCO1.CCCC. The van der Waals surface area contributed by atoms with Crippen LogP contribution in [0.5, 0.6) is 0 Å². The molecule has 1 N–H and O–H groups in total. The molecule has 1 heterocycles. The van der Waals surface area contributed by atoms with Crippen LogP contribution in [0.25, 0.3) is 0 Å². The minimum Gasteiger partial charge on any atom is -0.393 e. The Balaban J connectivity index is 0.000000310. The minimum atomic E-state index is -0.108. The standard InChI is InChI=1S/C7H14O2.C4H10/c1-2-7-5-6(8)3-4-9-7;1-3-4-2/h6-8H,2-5H2,1H3;3-4H2,1-2H3. The van der Waals surface area contributed by atoms with E-state index in [0.717, 1.165) is 25.9 Å². The second kappa shape index (κ2) is 8.52. The lowest BCUT2D eigenvalue weighted by molar-refractivity contribution is -0.0441. The van der Waals surface area contributed by atoms with E-state index in [2.05, 4.69) is 20.8 Å². The van der Waals surface area contributed by atoms with E-state index in [0.29, 0.717) is 6.10 Å². The molecule has 2 unspecified atom stereocenters. The highest BCUT2D eigenvalue weighted by atomic mass is 16.5. The lowest BCUT2D eigenvalue weighted by Crippen LogP contribution is -2.28. The number of unbranched alkanes of at least 4 members (excludes halogenated alkanes) is 1. The van der Waals surface area contributed by atoms with E-state index in [1.54, 1.807) is 0 Å². The summed E-state index contributed by atoms with van der Waals surface area (Å²) in [7, 11) is 0. The van der Waals surface area contributed by atoms with Crippen LogP contribution in [0.2, 0.25) is 0 Å². The summed E-state index contributed by atoms with van der Waals surface area (Å²) in [6.07, 6.45) is 5.52. The summed E-state index contributed by atoms with van der Waals surface area (Å²) in [4.78, 5) is 0. The highest BCUT2D eigenvalue weighted by Crippen LogP contribution is 2.15. The summed E-state index contributed by atoms with van der Waals surface area (Å²) in [5.41, 5.74) is 0. The van der Waals surface area contributed by atoms with Crippen molar-refractivity contribution in [1.82, 2.24) is 0 Å². The fourth-order valence-electron chi connectivity index (χ4n) is 1.14. The molecule has 2 nitrogen and oxygen atoms in total. The van der Waals surface area contributed by atoms with Gasteiger partial charge in [0.25, 0.3) is 0 Å². The fourth-order valence-corrected chi connectivity index (χ4v) is 1.14. The average Bonchev–Trinajstić information content (AvgIpc) is 2.18. The zero-order valence-electron chi connectivity index (χ0n) is 9.25. The van der Waals surface area contributed by atoms with Gasteiger partial charge in [-0.1, -0.05) is 33.6 Å². The van der Waals surface area contributed by atoms with E-state index in [-0.39, 0.29) is 6.10 Å². The van der Waals surface area contributed by atoms with Crippen LogP contribution < -0.4 is 0 Å². The maximum absolute atomic E-state index is 9.13. The summed E-state index contributed by atoms with van der Waals surface area (Å²) >= 11 is 0. The van der Waals surface area contributed by atoms with Gasteiger partial charge in [-0.2, -0.15) is 0 Å². The number of aliphatic hydroxyl groups excluding tert-OH is 1. The van der Waals surface area contributed by atoms with Gasteiger partial charge in [-0.3, -0.25) is 0 Å². The number of hydrogen-bond donors (Lipinski definition) is 1. The molecule has 0 aromatic rings. The molecule has 2 heteroatoms. The lowest BCUT2D eigenvalue weighted by Gasteiger charge is -2.25. The number of ether oxygens (including phenoxy) is 1. The molecule has 1 aliphatic heterocycles. The lowest BCUT2D eigenvalue weighted by atomic mass is 10.0. The molecule has 0 aromatic carbocycles. The van der Waals surface area contributed by atoms with E-state index in [9.17, 15) is 0 Å². The molecule has 13 heavy (non-hydrogen) atoms. The molecule has 1 saturated heterocycles. The van der Waals surface area contributed by atoms with Gasteiger partial charge in [0.1, 0.15) is 0 Å². The highest BCUT2D eigenvalue weighted by Gasteiger charge is 2.18. The number of hydrogen-bond acceptors (Lipinski definition) is 2. The second-order valence-electron chi connectivity index (χ2n) is 3.58. The molecule has 0 aliphatic carbocycles. The van der Waals surface area contributed by atoms with Crippen LogP contribution in [0.3, 0.4) is 0 Å². The average molecular weight is 188 g/mol. The zero-order chi connectivity index (χ0) is 10.1. The Hall–Kier alpha value is -0.0800. The third-order valence-corrected chi connectivity index (χ3v) is 2.29. The van der Waals surface area contributed by atoms with Crippen molar-refractivity contribution in [3.05, 3.63) is 0 Å². The van der Waals surface area contributed by atoms with Gasteiger partial charge >= 0.3 is 0 Å². The molecule has 1 rings (SSSR count). The monoisotopic (exact) mass is 188 g/mol. The second-order valence-corrected chi connectivity index (χ2v) is 3.58. The van der Waals surface area contributed by atoms with Crippen LogP contribution in [0.15, 0.2) is 0 Å². The van der Waals surface area contributed by atoms with Crippen LogP contribution in [0.1, 0.15) is 52.9 Å². The molecular weight excluding hydrogens is 164 g/mol. The third kappa shape index (κ3) is 7.03. The molecule has 0 saturated carbocycles. The first-order chi connectivity index (χ1) is 6.24. The van der Waals surface area contributed by atoms with Crippen LogP contribution in [-0.2, 0) is 4.74 Å². The molecule has 1 aliphatic rings. The topological polar surface area (TPSA) is 29.5 Å². The number of aliphatic hydroxyl groups is 1. The summed E-state index contributed by atoms with van der Waals surface area (Å²) in [6.45, 7) is 7.18. The molecule has 0 aromatic heterocycles. The highest BCUT2D eigenvalue weighted by molar-refractivity contribution is 4.68. The van der Waals surface area contributed by atoms with Crippen molar-refractivity contribution < 1.29 is 9.84 Å². The van der Waals surface area contributed by atoms with Gasteiger partial charge in [0.15, 0.2) is 0 Å². The van der Waals surface area contributed by atoms with Gasteiger partial charge in [-0.25, -0.2) is 0 Å². The predicted molar refractivity (Wildman–Crippen MR) is 55.9 cm³/mol. The maximum atomic E-state index is 9.13. The van der Waals surface area contributed by atoms with Crippen molar-refractivity contribution >= 4 is 0 Å². The Morgan fingerprint density at radius 3 is 2.15 bits per heavy atom. The molecule has 0 spiro atoms. The van der Waals surface area contributed by atoms with Gasteiger partial charge in [-0.15, -0.1) is 0 Å². The molecule has 0 radical (unpaired) electrons. The Morgan fingerprint density at radius 1 is 1.23 bits per heavy atom. The maximum Gasteiger partial charge on any atom is 0.0597 e. The van der Waals surface area contributed by atoms with Crippen molar-refractivity contribution in [2.24, 2.45) is 0 Å². The van der Waals surface area contributed by atoms with E-state index in [1.165, 1.54) is 12.8 Å². The fraction of sp³-hybridized carbons (Fsp3) is 1.00. The summed E-state index contributed by atoms with van der Waals surface area (Å²) in [5.74, 6) is 0. The molecule has 2 atom stereocenters. The summed E-state index contributed by atoms with van der Waals surface area (Å²) in [6, 6.07) is 0. The van der Waals surface area contributed by atoms with Crippen LogP contribution >= 0.6 is 0 Å². The molecule has 0 bridgehead atoms. The van der Waals surface area contributed by atoms with Gasteiger partial charge in [-0.05, 0) is 19.3 Å². The van der Waals surface area contributed by atoms with Gasteiger partial charge in [0.2, 0.25) is 0 Å². The Bertz CT molecular complexity index is 102. The zero-order valence-corrected chi connectivity index (χ0v) is 9.25. The van der Waals surface area contributed by atoms with E-state index >= 15 is 0 Å². The molecular formula is C11H24O2. The van der Waals surface area contributed by atoms with Crippen molar-refractivity contribution in [2.45, 2.75) is 65.1 Å². The first-order valence-corrected chi connectivity index (χ1v) is 5.54. The Kier molecular flexibility index (Phi) is 8.46. The smallest absolute Gasteiger partial charge is 0.0597 e. The third-order valence-electron chi connectivity index (χ3n) is 2.29. The summed E-state index contributed by atoms with van der Waals surface area (Å²) < 4.78 is 5.34.